The monoisotopic (exact) mass is 563 g/mol. The Balaban J connectivity index is 5.28. The van der Waals surface area contributed by atoms with Crippen molar-refractivity contribution in [3.8, 4) is 0 Å². The number of nitrogens with two attached hydrogens (primary N) is 2. The van der Waals surface area contributed by atoms with E-state index in [1.165, 1.54) is 27.9 Å². The van der Waals surface area contributed by atoms with Crippen molar-refractivity contribution < 1.29 is 47.6 Å². The molecule has 13 heteroatoms. The van der Waals surface area contributed by atoms with Gasteiger partial charge in [-0.3, -0.25) is 19.2 Å². The molecule has 0 saturated heterocycles. The summed E-state index contributed by atoms with van der Waals surface area (Å²) in [5, 5.41) is 2.49. The molecule has 5 N–H and O–H groups in total. The van der Waals surface area contributed by atoms with Gasteiger partial charge in [0.25, 0.3) is 0 Å². The third-order valence-electron chi connectivity index (χ3n) is 6.89. The lowest BCUT2D eigenvalue weighted by Crippen LogP contribution is -2.53. The van der Waals surface area contributed by atoms with E-state index in [1.54, 1.807) is 27.9 Å². The Morgan fingerprint density at radius 3 is 1.90 bits per heavy atom. The zero-order chi connectivity index (χ0) is 30.7. The molecule has 0 radical (unpaired) electrons. The number of carbonyl (C=O) groups is 4. The highest BCUT2D eigenvalue weighted by Crippen LogP contribution is 2.41. The van der Waals surface area contributed by atoms with Crippen molar-refractivity contribution in [3.63, 3.8) is 0 Å². The lowest BCUT2D eigenvalue weighted by atomic mass is 9.68. The topological polar surface area (TPSA) is 188 Å². The maximum Gasteiger partial charge on any atom is 0.315 e. The first-order valence-electron chi connectivity index (χ1n) is 12.8. The Morgan fingerprint density at radius 1 is 0.846 bits per heavy atom. The van der Waals surface area contributed by atoms with Crippen LogP contribution in [0.15, 0.2) is 0 Å². The van der Waals surface area contributed by atoms with Crippen molar-refractivity contribution >= 4 is 23.8 Å². The van der Waals surface area contributed by atoms with E-state index in [-0.39, 0.29) is 31.8 Å². The maximum absolute atomic E-state index is 13.2. The van der Waals surface area contributed by atoms with E-state index < -0.39 is 52.7 Å². The number of esters is 3. The number of methoxy groups -OCH3 is 2. The predicted octanol–water partition coefficient (Wildman–Crippen LogP) is 1.00. The fraction of sp³-hybridized carbons (Fsp3) is 0.846. The molecule has 228 valence electrons. The molecule has 0 aromatic rings. The van der Waals surface area contributed by atoms with Gasteiger partial charge in [0.05, 0.1) is 36.2 Å². The molecular formula is C26H49N3O10. The first kappa shape index (κ1) is 36.7. The maximum atomic E-state index is 13.2. The van der Waals surface area contributed by atoms with Crippen LogP contribution < -0.4 is 16.8 Å². The Bertz CT molecular complexity index is 827. The summed E-state index contributed by atoms with van der Waals surface area (Å²) in [7, 11) is 2.87. The third-order valence-corrected chi connectivity index (χ3v) is 6.89. The third kappa shape index (κ3) is 12.2. The van der Waals surface area contributed by atoms with E-state index >= 15 is 0 Å². The van der Waals surface area contributed by atoms with Gasteiger partial charge in [-0.15, -0.1) is 0 Å². The first-order chi connectivity index (χ1) is 17.8. The number of carbonyl (C=O) groups excluding carboxylic acids is 4. The Labute approximate surface area is 231 Å². The summed E-state index contributed by atoms with van der Waals surface area (Å²) < 4.78 is 32.3. The van der Waals surface area contributed by atoms with E-state index in [9.17, 15) is 19.2 Å². The average Bonchev–Trinajstić information content (AvgIpc) is 2.83. The molecular weight excluding hydrogens is 514 g/mol. The Kier molecular flexibility index (Phi) is 14.5. The van der Waals surface area contributed by atoms with Crippen molar-refractivity contribution in [3.05, 3.63) is 0 Å². The fourth-order valence-corrected chi connectivity index (χ4v) is 2.95. The molecule has 0 saturated carbocycles. The number of nitrogens with one attached hydrogen (secondary N) is 1. The van der Waals surface area contributed by atoms with Crippen molar-refractivity contribution in [2.75, 3.05) is 40.6 Å². The van der Waals surface area contributed by atoms with E-state index in [2.05, 4.69) is 5.32 Å². The van der Waals surface area contributed by atoms with Crippen LogP contribution in [0.4, 0.5) is 0 Å². The zero-order valence-electron chi connectivity index (χ0n) is 25.1. The van der Waals surface area contributed by atoms with Crippen molar-refractivity contribution in [1.82, 2.24) is 5.32 Å². The minimum Gasteiger partial charge on any atom is -0.465 e. The fourth-order valence-electron chi connectivity index (χ4n) is 2.95. The van der Waals surface area contributed by atoms with Crippen LogP contribution in [0.1, 0.15) is 68.2 Å². The molecule has 0 aliphatic rings. The first-order valence-corrected chi connectivity index (χ1v) is 12.8. The molecule has 0 heterocycles. The van der Waals surface area contributed by atoms with Crippen molar-refractivity contribution in [2.24, 2.45) is 22.3 Å². The van der Waals surface area contributed by atoms with Gasteiger partial charge in [0.2, 0.25) is 12.2 Å². The zero-order valence-corrected chi connectivity index (χ0v) is 25.1. The number of amides is 1. The van der Waals surface area contributed by atoms with Crippen LogP contribution in [0.25, 0.3) is 0 Å². The molecule has 0 bridgehead atoms. The quantitative estimate of drug-likeness (QED) is 0.122. The Morgan fingerprint density at radius 2 is 1.41 bits per heavy atom. The van der Waals surface area contributed by atoms with Crippen LogP contribution in [0.2, 0.25) is 0 Å². The minimum absolute atomic E-state index is 0.0374. The van der Waals surface area contributed by atoms with Crippen LogP contribution in [-0.2, 0) is 47.6 Å². The molecule has 0 aliphatic heterocycles. The van der Waals surface area contributed by atoms with E-state index in [0.717, 1.165) is 0 Å². The van der Waals surface area contributed by atoms with E-state index in [1.807, 2.05) is 13.8 Å². The normalized spacial score (nSPS) is 15.5. The number of hydrogen-bond donors (Lipinski definition) is 3. The summed E-state index contributed by atoms with van der Waals surface area (Å²) in [6, 6.07) is -1.04. The molecule has 3 atom stereocenters. The van der Waals surface area contributed by atoms with Gasteiger partial charge in [-0.1, -0.05) is 0 Å². The van der Waals surface area contributed by atoms with Gasteiger partial charge >= 0.3 is 17.9 Å². The lowest BCUT2D eigenvalue weighted by molar-refractivity contribution is -0.202. The largest absolute Gasteiger partial charge is 0.465 e. The standard InChI is InChI=1S/C26H49N3O10/c1-17(30)37-16-18(29-19(31)15-27)20(34-9)39-22(33)25(6,7)24(4,5)21(32)36-13-12-26(8,28)38-14-11-23(2,3)35-10/h18,20H,11-16,27-28H2,1-10H3,(H,29,31)/t18-,20?,26?/m1/s1. The molecule has 0 aromatic heterocycles. The number of hydrogen-bond acceptors (Lipinski definition) is 12. The molecule has 0 aliphatic carbocycles. The molecule has 13 nitrogen and oxygen atoms in total. The van der Waals surface area contributed by atoms with Gasteiger partial charge in [-0.2, -0.15) is 0 Å². The molecule has 0 aromatic carbocycles. The van der Waals surface area contributed by atoms with Gasteiger partial charge in [0.15, 0.2) is 0 Å². The van der Waals surface area contributed by atoms with Crippen LogP contribution in [0, 0.1) is 10.8 Å². The smallest absolute Gasteiger partial charge is 0.315 e. The predicted molar refractivity (Wildman–Crippen MR) is 142 cm³/mol. The van der Waals surface area contributed by atoms with E-state index in [0.29, 0.717) is 13.0 Å². The molecule has 39 heavy (non-hydrogen) atoms. The van der Waals surface area contributed by atoms with Crippen LogP contribution in [0.5, 0.6) is 0 Å². The van der Waals surface area contributed by atoms with Gasteiger partial charge in [-0.05, 0) is 54.9 Å². The second kappa shape index (κ2) is 15.5. The Hall–Kier alpha value is -2.32. The summed E-state index contributed by atoms with van der Waals surface area (Å²) in [4.78, 5) is 49.4. The van der Waals surface area contributed by atoms with Gasteiger partial charge < -0.3 is 45.2 Å². The van der Waals surface area contributed by atoms with Crippen LogP contribution in [-0.4, -0.2) is 88.1 Å². The molecule has 1 amide bonds. The SMILES string of the molecule is COC(OC(=O)C(C)(C)C(C)(C)C(=O)OCCC(C)(N)OCCC(C)(C)OC)[C@@H](COC(C)=O)NC(=O)CN. The van der Waals surface area contributed by atoms with Gasteiger partial charge in [-0.25, -0.2) is 0 Å². The van der Waals surface area contributed by atoms with Crippen molar-refractivity contribution in [2.45, 2.75) is 91.9 Å². The highest BCUT2D eigenvalue weighted by Gasteiger charge is 2.51. The lowest BCUT2D eigenvalue weighted by Gasteiger charge is -2.38. The summed E-state index contributed by atoms with van der Waals surface area (Å²) in [5.41, 5.74) is 7.40. The number of rotatable bonds is 18. The van der Waals surface area contributed by atoms with Crippen molar-refractivity contribution in [1.29, 1.82) is 0 Å². The highest BCUT2D eigenvalue weighted by atomic mass is 16.7. The van der Waals surface area contributed by atoms with Gasteiger partial charge in [0, 0.05) is 27.6 Å². The van der Waals surface area contributed by atoms with Crippen LogP contribution >= 0.6 is 0 Å². The van der Waals surface area contributed by atoms with Crippen LogP contribution in [0.3, 0.4) is 0 Å². The van der Waals surface area contributed by atoms with E-state index in [4.69, 9.17) is 39.9 Å². The molecule has 0 spiro atoms. The number of ether oxygens (including phenoxy) is 6. The molecule has 0 rings (SSSR count). The molecule has 2 unspecified atom stereocenters. The summed E-state index contributed by atoms with van der Waals surface area (Å²) >= 11 is 0. The summed E-state index contributed by atoms with van der Waals surface area (Å²) in [6.45, 7) is 12.5. The summed E-state index contributed by atoms with van der Waals surface area (Å²) in [5.74, 6) is -2.64. The summed E-state index contributed by atoms with van der Waals surface area (Å²) in [6.07, 6.45) is -0.492. The second-order valence-electron chi connectivity index (χ2n) is 11.2. The minimum atomic E-state index is -1.40. The second-order valence-corrected chi connectivity index (χ2v) is 11.2. The molecule has 0 fully saturated rings. The van der Waals surface area contributed by atoms with Gasteiger partial charge in [0.1, 0.15) is 18.4 Å². The average molecular weight is 564 g/mol. The highest BCUT2D eigenvalue weighted by molar-refractivity contribution is 5.87.